The minimum absolute atomic E-state index is 0.0876. The van der Waals surface area contributed by atoms with Crippen molar-refractivity contribution in [1.29, 1.82) is 0 Å². The van der Waals surface area contributed by atoms with Crippen LogP contribution >= 0.6 is 0 Å². The smallest absolute Gasteiger partial charge is 0.352 e. The largest absolute Gasteiger partial charge is 0.477 e. The fourth-order valence-corrected chi connectivity index (χ4v) is 3.67. The molecule has 1 aliphatic heterocycles. The summed E-state index contributed by atoms with van der Waals surface area (Å²) in [6, 6.07) is 1.13. The second kappa shape index (κ2) is 5.86. The van der Waals surface area contributed by atoms with E-state index in [2.05, 4.69) is 5.32 Å². The number of rotatable bonds is 4. The fourth-order valence-electron chi connectivity index (χ4n) is 2.20. The van der Waals surface area contributed by atoms with Crippen LogP contribution in [-0.4, -0.2) is 53.9 Å². The third-order valence-corrected chi connectivity index (χ3v) is 5.11. The molecular weight excluding hydrogens is 298 g/mol. The molecule has 116 valence electrons. The summed E-state index contributed by atoms with van der Waals surface area (Å²) in [7, 11) is -3.88. The standard InChI is InChI=1S/C12H17N3O5S/c1-2-14-7-9(6-10(14)12(17)18)21(19,20)15-5-3-4-13-11(16)8-15/h6-7H,2-5,8H2,1H3,(H,13,16)(H,17,18). The maximum absolute atomic E-state index is 12.5. The van der Waals surface area contributed by atoms with E-state index < -0.39 is 16.0 Å². The Kier molecular flexibility index (Phi) is 4.33. The summed E-state index contributed by atoms with van der Waals surface area (Å²) in [4.78, 5) is 22.5. The Balaban J connectivity index is 2.39. The number of hydrogen-bond acceptors (Lipinski definition) is 4. The number of carbonyl (C=O) groups excluding carboxylic acids is 1. The number of aromatic nitrogens is 1. The van der Waals surface area contributed by atoms with Gasteiger partial charge in [0.2, 0.25) is 15.9 Å². The Morgan fingerprint density at radius 2 is 2.19 bits per heavy atom. The van der Waals surface area contributed by atoms with Crippen LogP contribution in [0.2, 0.25) is 0 Å². The van der Waals surface area contributed by atoms with E-state index in [1.165, 1.54) is 10.8 Å². The topological polar surface area (TPSA) is 109 Å². The lowest BCUT2D eigenvalue weighted by Gasteiger charge is -2.17. The van der Waals surface area contributed by atoms with Crippen molar-refractivity contribution in [3.8, 4) is 0 Å². The van der Waals surface area contributed by atoms with Crippen LogP contribution in [0.25, 0.3) is 0 Å². The van der Waals surface area contributed by atoms with Crippen molar-refractivity contribution in [3.05, 3.63) is 18.0 Å². The van der Waals surface area contributed by atoms with Crippen molar-refractivity contribution in [2.45, 2.75) is 24.8 Å². The van der Waals surface area contributed by atoms with E-state index in [9.17, 15) is 18.0 Å². The molecule has 21 heavy (non-hydrogen) atoms. The zero-order chi connectivity index (χ0) is 15.6. The molecule has 0 saturated carbocycles. The minimum atomic E-state index is -3.88. The van der Waals surface area contributed by atoms with Crippen LogP contribution in [0.15, 0.2) is 17.2 Å². The quantitative estimate of drug-likeness (QED) is 0.794. The second-order valence-electron chi connectivity index (χ2n) is 4.69. The molecule has 1 aliphatic rings. The van der Waals surface area contributed by atoms with Crippen molar-refractivity contribution in [1.82, 2.24) is 14.2 Å². The number of nitrogens with zero attached hydrogens (tertiary/aromatic N) is 2. The van der Waals surface area contributed by atoms with Gasteiger partial charge in [-0.2, -0.15) is 4.31 Å². The van der Waals surface area contributed by atoms with Crippen molar-refractivity contribution in [2.75, 3.05) is 19.6 Å². The van der Waals surface area contributed by atoms with Gasteiger partial charge in [0.1, 0.15) is 10.6 Å². The molecule has 2 rings (SSSR count). The molecule has 8 nitrogen and oxygen atoms in total. The normalized spacial score (nSPS) is 17.3. The Morgan fingerprint density at radius 3 is 2.76 bits per heavy atom. The van der Waals surface area contributed by atoms with E-state index >= 15 is 0 Å². The van der Waals surface area contributed by atoms with Crippen molar-refractivity contribution >= 4 is 21.9 Å². The van der Waals surface area contributed by atoms with Gasteiger partial charge in [-0.15, -0.1) is 0 Å². The molecule has 0 aliphatic carbocycles. The lowest BCUT2D eigenvalue weighted by Crippen LogP contribution is -2.37. The molecule has 0 bridgehead atoms. The summed E-state index contributed by atoms with van der Waals surface area (Å²) in [5.74, 6) is -1.55. The lowest BCUT2D eigenvalue weighted by molar-refractivity contribution is -0.120. The van der Waals surface area contributed by atoms with E-state index in [0.717, 1.165) is 10.4 Å². The summed E-state index contributed by atoms with van der Waals surface area (Å²) in [5.41, 5.74) is -0.0876. The highest BCUT2D eigenvalue weighted by Crippen LogP contribution is 2.20. The molecule has 0 aromatic carbocycles. The number of amides is 1. The molecule has 0 unspecified atom stereocenters. The highest BCUT2D eigenvalue weighted by atomic mass is 32.2. The highest BCUT2D eigenvalue weighted by molar-refractivity contribution is 7.89. The van der Waals surface area contributed by atoms with Crippen molar-refractivity contribution in [2.24, 2.45) is 0 Å². The zero-order valence-electron chi connectivity index (χ0n) is 11.6. The first-order chi connectivity index (χ1) is 9.86. The molecule has 1 amide bonds. The van der Waals surface area contributed by atoms with Crippen LogP contribution in [-0.2, 0) is 21.4 Å². The number of carboxylic acids is 1. The first-order valence-corrected chi connectivity index (χ1v) is 8.00. The van der Waals surface area contributed by atoms with Gasteiger partial charge in [0.15, 0.2) is 0 Å². The van der Waals surface area contributed by atoms with E-state index in [1.807, 2.05) is 0 Å². The van der Waals surface area contributed by atoms with Crippen LogP contribution in [0.1, 0.15) is 23.8 Å². The molecule has 2 heterocycles. The van der Waals surface area contributed by atoms with Gasteiger partial charge in [0.05, 0.1) is 6.54 Å². The van der Waals surface area contributed by atoms with Crippen LogP contribution in [0.5, 0.6) is 0 Å². The predicted octanol–water partition coefficient (Wildman–Crippen LogP) is -0.283. The summed E-state index contributed by atoms with van der Waals surface area (Å²) >= 11 is 0. The molecule has 1 aromatic heterocycles. The monoisotopic (exact) mass is 315 g/mol. The van der Waals surface area contributed by atoms with E-state index in [-0.39, 0.29) is 29.6 Å². The molecular formula is C12H17N3O5S. The van der Waals surface area contributed by atoms with Gasteiger partial charge >= 0.3 is 5.97 Å². The van der Waals surface area contributed by atoms with Gasteiger partial charge in [-0.1, -0.05) is 0 Å². The summed E-state index contributed by atoms with van der Waals surface area (Å²) < 4.78 is 27.5. The average Bonchev–Trinajstić information content (AvgIpc) is 2.75. The Labute approximate surface area is 122 Å². The van der Waals surface area contributed by atoms with E-state index in [1.54, 1.807) is 6.92 Å². The van der Waals surface area contributed by atoms with E-state index in [0.29, 0.717) is 19.5 Å². The van der Waals surface area contributed by atoms with Gasteiger partial charge in [-0.25, -0.2) is 13.2 Å². The van der Waals surface area contributed by atoms with Crippen molar-refractivity contribution < 1.29 is 23.1 Å². The van der Waals surface area contributed by atoms with Crippen LogP contribution in [0.4, 0.5) is 0 Å². The number of aryl methyl sites for hydroxylation is 1. The summed E-state index contributed by atoms with van der Waals surface area (Å²) in [6.45, 7) is 2.48. The number of carbonyl (C=O) groups is 2. The predicted molar refractivity (Wildman–Crippen MR) is 73.5 cm³/mol. The maximum atomic E-state index is 12.5. The van der Waals surface area contributed by atoms with Gasteiger partial charge in [-0.05, 0) is 19.4 Å². The van der Waals surface area contributed by atoms with E-state index in [4.69, 9.17) is 5.11 Å². The number of hydrogen-bond donors (Lipinski definition) is 2. The zero-order valence-corrected chi connectivity index (χ0v) is 12.4. The number of nitrogens with one attached hydrogen (secondary N) is 1. The van der Waals surface area contributed by atoms with Crippen molar-refractivity contribution in [3.63, 3.8) is 0 Å². The average molecular weight is 315 g/mol. The number of carboxylic acid groups (broad SMARTS) is 1. The highest BCUT2D eigenvalue weighted by Gasteiger charge is 2.30. The van der Waals surface area contributed by atoms with Crippen LogP contribution in [0, 0.1) is 0 Å². The van der Waals surface area contributed by atoms with Gasteiger partial charge < -0.3 is 15.0 Å². The summed E-state index contributed by atoms with van der Waals surface area (Å²) in [6.07, 6.45) is 1.81. The first-order valence-electron chi connectivity index (χ1n) is 6.56. The molecule has 0 atom stereocenters. The molecule has 2 N–H and O–H groups in total. The molecule has 1 saturated heterocycles. The van der Waals surface area contributed by atoms with Gasteiger partial charge in [-0.3, -0.25) is 4.79 Å². The lowest BCUT2D eigenvalue weighted by atomic mass is 10.4. The molecule has 0 radical (unpaired) electrons. The van der Waals surface area contributed by atoms with Crippen LogP contribution < -0.4 is 5.32 Å². The Bertz CT molecular complexity index is 664. The third kappa shape index (κ3) is 3.08. The SMILES string of the molecule is CCn1cc(S(=O)(=O)N2CCCNC(=O)C2)cc1C(=O)O. The third-order valence-electron chi connectivity index (χ3n) is 3.30. The Hall–Kier alpha value is -1.87. The van der Waals surface area contributed by atoms with Gasteiger partial charge in [0.25, 0.3) is 0 Å². The fraction of sp³-hybridized carbons (Fsp3) is 0.500. The first kappa shape index (κ1) is 15.5. The minimum Gasteiger partial charge on any atom is -0.477 e. The van der Waals surface area contributed by atoms with Gasteiger partial charge in [0, 0.05) is 25.8 Å². The number of aromatic carboxylic acids is 1. The number of sulfonamides is 1. The molecule has 1 fully saturated rings. The second-order valence-corrected chi connectivity index (χ2v) is 6.63. The van der Waals surface area contributed by atoms with Crippen LogP contribution in [0.3, 0.4) is 0 Å². The molecule has 9 heteroatoms. The molecule has 1 aromatic rings. The Morgan fingerprint density at radius 1 is 1.48 bits per heavy atom. The summed E-state index contributed by atoms with van der Waals surface area (Å²) in [5, 5.41) is 11.7. The molecule has 0 spiro atoms. The maximum Gasteiger partial charge on any atom is 0.352 e.